The van der Waals surface area contributed by atoms with Gasteiger partial charge in [-0.15, -0.1) is 0 Å². The van der Waals surface area contributed by atoms with Gasteiger partial charge in [-0.25, -0.2) is 0 Å². The zero-order valence-corrected chi connectivity index (χ0v) is 18.0. The molecule has 0 spiro atoms. The Morgan fingerprint density at radius 3 is 2.45 bits per heavy atom. The number of hydrogen-bond acceptors (Lipinski definition) is 7. The fraction of sp³-hybridized carbons (Fsp3) is 0.292. The van der Waals surface area contributed by atoms with E-state index in [0.717, 1.165) is 0 Å². The van der Waals surface area contributed by atoms with Gasteiger partial charge in [0.15, 0.2) is 17.1 Å². The summed E-state index contributed by atoms with van der Waals surface area (Å²) in [7, 11) is 0. The first-order chi connectivity index (χ1) is 14.7. The summed E-state index contributed by atoms with van der Waals surface area (Å²) >= 11 is 0. The van der Waals surface area contributed by atoms with Crippen molar-refractivity contribution in [2.24, 2.45) is 5.73 Å². The number of fused-ring (bicyclic) bond motifs is 3. The van der Waals surface area contributed by atoms with E-state index in [2.05, 4.69) is 0 Å². The van der Waals surface area contributed by atoms with Crippen LogP contribution in [0.1, 0.15) is 38.8 Å². The molecule has 4 rings (SSSR count). The molecule has 3 aromatic rings. The van der Waals surface area contributed by atoms with Gasteiger partial charge in [-0.2, -0.15) is 0 Å². The van der Waals surface area contributed by atoms with Crippen LogP contribution in [0.25, 0.3) is 28.2 Å². The zero-order chi connectivity index (χ0) is 22.9. The monoisotopic (exact) mass is 425 g/mol. The van der Waals surface area contributed by atoms with Crippen LogP contribution in [0.2, 0.25) is 0 Å². The maximum absolute atomic E-state index is 13.3. The first kappa shape index (κ1) is 22.2. The Kier molecular flexibility index (Phi) is 5.99. The maximum atomic E-state index is 13.3. The van der Waals surface area contributed by atoms with E-state index >= 15 is 0 Å². The highest BCUT2D eigenvalue weighted by molar-refractivity contribution is 5.97. The van der Waals surface area contributed by atoms with Gasteiger partial charge in [0.2, 0.25) is 5.43 Å². The first-order valence-corrected chi connectivity index (χ1v) is 10.2. The van der Waals surface area contributed by atoms with Crippen molar-refractivity contribution in [3.63, 3.8) is 0 Å². The summed E-state index contributed by atoms with van der Waals surface area (Å²) in [6, 6.07) is 4.02. The van der Waals surface area contributed by atoms with Gasteiger partial charge in [0.05, 0.1) is 11.1 Å². The highest BCUT2D eigenvalue weighted by atomic mass is 16.5. The molecule has 164 valence electrons. The second-order valence-corrected chi connectivity index (χ2v) is 7.53. The smallest absolute Gasteiger partial charge is 0.204 e. The Hall–Kier alpha value is -3.45. The van der Waals surface area contributed by atoms with Crippen molar-refractivity contribution in [3.8, 4) is 34.1 Å². The van der Waals surface area contributed by atoms with Crippen LogP contribution in [0.3, 0.4) is 0 Å². The summed E-state index contributed by atoms with van der Waals surface area (Å²) in [6.07, 6.45) is 5.25. The van der Waals surface area contributed by atoms with Gasteiger partial charge in [-0.3, -0.25) is 4.79 Å². The summed E-state index contributed by atoms with van der Waals surface area (Å²) < 4.78 is 11.8. The number of phenols is 3. The van der Waals surface area contributed by atoms with E-state index in [-0.39, 0.29) is 40.3 Å². The lowest BCUT2D eigenvalue weighted by molar-refractivity contribution is 0.156. The van der Waals surface area contributed by atoms with E-state index in [9.17, 15) is 20.1 Å². The van der Waals surface area contributed by atoms with Crippen molar-refractivity contribution in [3.05, 3.63) is 51.9 Å². The summed E-state index contributed by atoms with van der Waals surface area (Å²) in [5, 5.41) is 30.3. The molecule has 1 aliphatic heterocycles. The third-order valence-electron chi connectivity index (χ3n) is 4.98. The molecule has 2 aromatic carbocycles. The molecule has 0 aliphatic carbocycles. The predicted molar refractivity (Wildman–Crippen MR) is 121 cm³/mol. The van der Waals surface area contributed by atoms with Gasteiger partial charge < -0.3 is 30.2 Å². The van der Waals surface area contributed by atoms with E-state index in [1.165, 1.54) is 24.5 Å². The molecule has 0 fully saturated rings. The number of hydrogen-bond donors (Lipinski definition) is 4. The molecule has 0 saturated heterocycles. The van der Waals surface area contributed by atoms with Gasteiger partial charge in [0.25, 0.3) is 0 Å². The van der Waals surface area contributed by atoms with Crippen molar-refractivity contribution in [2.75, 3.05) is 6.54 Å². The quantitative estimate of drug-likeness (QED) is 0.461. The third kappa shape index (κ3) is 3.84. The zero-order valence-electron chi connectivity index (χ0n) is 18.0. The van der Waals surface area contributed by atoms with Crippen LogP contribution in [0, 0.1) is 0 Å². The van der Waals surface area contributed by atoms with Gasteiger partial charge in [-0.05, 0) is 56.7 Å². The molecular formula is C24H27NO6. The molecule has 5 N–H and O–H groups in total. The molecule has 31 heavy (non-hydrogen) atoms. The van der Waals surface area contributed by atoms with Crippen molar-refractivity contribution >= 4 is 17.0 Å². The lowest BCUT2D eigenvalue weighted by Gasteiger charge is -2.30. The highest BCUT2D eigenvalue weighted by Crippen LogP contribution is 2.44. The minimum atomic E-state index is -0.583. The van der Waals surface area contributed by atoms with Crippen molar-refractivity contribution < 1.29 is 24.5 Å². The molecule has 0 bridgehead atoms. The molecule has 0 unspecified atom stereocenters. The number of aromatic hydroxyl groups is 3. The molecule has 1 aliphatic rings. The number of nitrogens with two attached hydrogens (primary N) is 1. The Balaban J connectivity index is 0.00000132. The molecular weight excluding hydrogens is 398 g/mol. The average Bonchev–Trinajstić information content (AvgIpc) is 2.74. The normalized spacial score (nSPS) is 13.8. The summed E-state index contributed by atoms with van der Waals surface area (Å²) in [5.74, 6) is -0.440. The fourth-order valence-electron chi connectivity index (χ4n) is 3.52. The lowest BCUT2D eigenvalue weighted by atomic mass is 9.94. The molecule has 0 amide bonds. The fourth-order valence-corrected chi connectivity index (χ4v) is 3.52. The highest BCUT2D eigenvalue weighted by Gasteiger charge is 2.30. The van der Waals surface area contributed by atoms with Crippen LogP contribution >= 0.6 is 0 Å². The summed E-state index contributed by atoms with van der Waals surface area (Å²) in [4.78, 5) is 13.3. The Labute approximate surface area is 180 Å². The third-order valence-corrected chi connectivity index (χ3v) is 4.98. The van der Waals surface area contributed by atoms with E-state index < -0.39 is 11.0 Å². The van der Waals surface area contributed by atoms with Crippen molar-refractivity contribution in [1.82, 2.24) is 0 Å². The average molecular weight is 425 g/mol. The minimum Gasteiger partial charge on any atom is -0.507 e. The van der Waals surface area contributed by atoms with Gasteiger partial charge >= 0.3 is 0 Å². The number of ether oxygens (including phenoxy) is 1. The van der Waals surface area contributed by atoms with E-state index in [4.69, 9.17) is 14.9 Å². The van der Waals surface area contributed by atoms with E-state index in [0.29, 0.717) is 28.9 Å². The standard InChI is InChI=1S/C22H21NO6.C2H6/c1-22(2)7-5-13-20(29-22)12(6-8-23)18(26)17-19(27)14(10-28-21(13)17)11-3-4-15(24)16(25)9-11;1-2/h3-5,7,9-10,24-26H,6,8,23H2,1-2H3;1-2H3. The predicted octanol–water partition coefficient (Wildman–Crippen LogP) is 4.29. The largest absolute Gasteiger partial charge is 0.507 e. The summed E-state index contributed by atoms with van der Waals surface area (Å²) in [6.45, 7) is 8.03. The second-order valence-electron chi connectivity index (χ2n) is 7.53. The lowest BCUT2D eigenvalue weighted by Crippen LogP contribution is -2.28. The van der Waals surface area contributed by atoms with Crippen molar-refractivity contribution in [1.29, 1.82) is 0 Å². The Bertz CT molecular complexity index is 1220. The molecule has 2 heterocycles. The van der Waals surface area contributed by atoms with Crippen LogP contribution in [0.15, 0.2) is 39.7 Å². The van der Waals surface area contributed by atoms with Gasteiger partial charge in [0, 0.05) is 5.56 Å². The van der Waals surface area contributed by atoms with E-state index in [1.54, 1.807) is 0 Å². The molecule has 7 nitrogen and oxygen atoms in total. The Morgan fingerprint density at radius 2 is 1.81 bits per heavy atom. The molecule has 0 radical (unpaired) electrons. The maximum Gasteiger partial charge on any atom is 0.204 e. The Morgan fingerprint density at radius 1 is 1.10 bits per heavy atom. The van der Waals surface area contributed by atoms with Crippen LogP contribution in [-0.2, 0) is 6.42 Å². The van der Waals surface area contributed by atoms with Crippen LogP contribution in [-0.4, -0.2) is 27.5 Å². The number of rotatable bonds is 3. The SMILES string of the molecule is CC.CC1(C)C=Cc2c(c(CCN)c(O)c3c(=O)c(-c4ccc(O)c(O)c4)coc23)O1. The molecule has 1 aromatic heterocycles. The van der Waals surface area contributed by atoms with Crippen LogP contribution in [0.5, 0.6) is 23.0 Å². The second kappa shape index (κ2) is 8.35. The molecule has 0 saturated carbocycles. The first-order valence-electron chi connectivity index (χ1n) is 10.2. The van der Waals surface area contributed by atoms with Crippen molar-refractivity contribution in [2.45, 2.75) is 39.7 Å². The molecule has 7 heteroatoms. The number of benzene rings is 2. The van der Waals surface area contributed by atoms with Crippen LogP contribution in [0.4, 0.5) is 0 Å². The topological polar surface area (TPSA) is 126 Å². The molecule has 0 atom stereocenters. The minimum absolute atomic E-state index is 0.0187. The van der Waals surface area contributed by atoms with E-state index in [1.807, 2.05) is 39.8 Å². The number of phenolic OH excluding ortho intramolecular Hbond substituents is 3. The van der Waals surface area contributed by atoms with Gasteiger partial charge in [0.1, 0.15) is 28.7 Å². The van der Waals surface area contributed by atoms with Gasteiger partial charge in [-0.1, -0.05) is 19.9 Å². The summed E-state index contributed by atoms with van der Waals surface area (Å²) in [5.41, 5.74) is 6.40. The van der Waals surface area contributed by atoms with Crippen LogP contribution < -0.4 is 15.9 Å².